The monoisotopic (exact) mass is 344 g/mol. The number of fused-ring (bicyclic) bond motifs is 1. The lowest BCUT2D eigenvalue weighted by atomic mass is 10.2. The Morgan fingerprint density at radius 3 is 2.88 bits per heavy atom. The van der Waals surface area contributed by atoms with Crippen molar-refractivity contribution >= 4 is 11.6 Å². The second-order valence-electron chi connectivity index (χ2n) is 6.67. The minimum atomic E-state index is -0.513. The van der Waals surface area contributed by atoms with Crippen molar-refractivity contribution in [3.63, 3.8) is 0 Å². The fraction of sp³-hybridized carbons (Fsp3) is 0.500. The molecule has 25 heavy (non-hydrogen) atoms. The summed E-state index contributed by atoms with van der Waals surface area (Å²) in [6.45, 7) is 5.05. The highest BCUT2D eigenvalue weighted by Gasteiger charge is 2.30. The lowest BCUT2D eigenvalue weighted by molar-refractivity contribution is -0.137. The quantitative estimate of drug-likeness (QED) is 0.827. The fourth-order valence-corrected chi connectivity index (χ4v) is 2.77. The summed E-state index contributed by atoms with van der Waals surface area (Å²) in [4.78, 5) is 20.7. The molecule has 1 aromatic carbocycles. The van der Waals surface area contributed by atoms with Crippen molar-refractivity contribution in [2.75, 3.05) is 32.1 Å². The van der Waals surface area contributed by atoms with Crippen molar-refractivity contribution < 1.29 is 14.1 Å². The van der Waals surface area contributed by atoms with Gasteiger partial charge in [0.25, 0.3) is 5.91 Å². The Morgan fingerprint density at radius 1 is 1.40 bits per heavy atom. The van der Waals surface area contributed by atoms with E-state index in [0.717, 1.165) is 11.4 Å². The van der Waals surface area contributed by atoms with Crippen molar-refractivity contribution in [1.82, 2.24) is 15.0 Å². The molecule has 0 N–H and O–H groups in total. The summed E-state index contributed by atoms with van der Waals surface area (Å²) in [5, 5.41) is 3.96. The second-order valence-corrected chi connectivity index (χ2v) is 6.67. The van der Waals surface area contributed by atoms with Crippen LogP contribution in [0.3, 0.4) is 0 Å². The average Bonchev–Trinajstić information content (AvgIpc) is 3.08. The summed E-state index contributed by atoms with van der Waals surface area (Å²) in [7, 11) is 3.74. The van der Waals surface area contributed by atoms with E-state index in [4.69, 9.17) is 9.26 Å². The first-order chi connectivity index (χ1) is 12.0. The van der Waals surface area contributed by atoms with Crippen LogP contribution in [0.2, 0.25) is 0 Å². The van der Waals surface area contributed by atoms with Gasteiger partial charge in [-0.15, -0.1) is 0 Å². The lowest BCUT2D eigenvalue weighted by Gasteiger charge is -2.34. The summed E-state index contributed by atoms with van der Waals surface area (Å²) < 4.78 is 11.1. The zero-order valence-corrected chi connectivity index (χ0v) is 15.1. The predicted octanol–water partition coefficient (Wildman–Crippen LogP) is 2.09. The second kappa shape index (κ2) is 7.13. The average molecular weight is 344 g/mol. The van der Waals surface area contributed by atoms with E-state index in [0.29, 0.717) is 31.2 Å². The van der Waals surface area contributed by atoms with E-state index in [-0.39, 0.29) is 11.8 Å². The highest BCUT2D eigenvalue weighted by atomic mass is 16.5. The first kappa shape index (κ1) is 17.3. The van der Waals surface area contributed by atoms with Crippen LogP contribution in [0.1, 0.15) is 31.5 Å². The van der Waals surface area contributed by atoms with E-state index >= 15 is 0 Å². The largest absolute Gasteiger partial charge is 0.477 e. The third kappa shape index (κ3) is 3.75. The Kier molecular flexibility index (Phi) is 4.92. The minimum absolute atomic E-state index is 0.0473. The fourth-order valence-electron chi connectivity index (χ4n) is 2.77. The van der Waals surface area contributed by atoms with Gasteiger partial charge in [-0.3, -0.25) is 4.79 Å². The van der Waals surface area contributed by atoms with Gasteiger partial charge in [-0.05, 0) is 12.1 Å². The molecular formula is C18H24N4O3. The van der Waals surface area contributed by atoms with Crippen LogP contribution in [0.15, 0.2) is 28.8 Å². The Hall–Kier alpha value is -2.57. The predicted molar refractivity (Wildman–Crippen MR) is 93.9 cm³/mol. The smallest absolute Gasteiger partial charge is 0.265 e. The van der Waals surface area contributed by atoms with Crippen LogP contribution >= 0.6 is 0 Å². The molecule has 1 amide bonds. The molecule has 0 saturated heterocycles. The van der Waals surface area contributed by atoms with Crippen LogP contribution < -0.4 is 9.64 Å². The van der Waals surface area contributed by atoms with Gasteiger partial charge in [0.2, 0.25) is 5.89 Å². The number of rotatable bonds is 5. The minimum Gasteiger partial charge on any atom is -0.477 e. The van der Waals surface area contributed by atoms with Gasteiger partial charge in [0.15, 0.2) is 11.9 Å². The SMILES string of the molecule is CC(C)c1nc(CCN(C)C(=O)[C@@H]2CN(C)c3ccccc3O2)no1. The van der Waals surface area contributed by atoms with Crippen molar-refractivity contribution in [3.8, 4) is 5.75 Å². The van der Waals surface area contributed by atoms with Crippen LogP contribution in [0.5, 0.6) is 5.75 Å². The normalized spacial score (nSPS) is 16.5. The molecule has 0 aliphatic carbocycles. The third-order valence-electron chi connectivity index (χ3n) is 4.29. The van der Waals surface area contributed by atoms with E-state index in [9.17, 15) is 4.79 Å². The molecule has 0 bridgehead atoms. The lowest BCUT2D eigenvalue weighted by Crippen LogP contribution is -2.48. The molecule has 1 aliphatic rings. The van der Waals surface area contributed by atoms with Crippen molar-refractivity contribution in [2.45, 2.75) is 32.3 Å². The van der Waals surface area contributed by atoms with E-state index in [1.165, 1.54) is 0 Å². The third-order valence-corrected chi connectivity index (χ3v) is 4.29. The van der Waals surface area contributed by atoms with Gasteiger partial charge in [-0.1, -0.05) is 31.1 Å². The molecule has 7 nitrogen and oxygen atoms in total. The number of carbonyl (C=O) groups excluding carboxylic acids is 1. The number of para-hydroxylation sites is 2. The molecule has 3 rings (SSSR count). The van der Waals surface area contributed by atoms with E-state index in [1.54, 1.807) is 11.9 Å². The highest BCUT2D eigenvalue weighted by molar-refractivity contribution is 5.83. The number of hydrogen-bond donors (Lipinski definition) is 0. The number of likely N-dealkylation sites (N-methyl/N-ethyl adjacent to an activating group) is 2. The van der Waals surface area contributed by atoms with Crippen molar-refractivity contribution in [2.24, 2.45) is 0 Å². The number of carbonyl (C=O) groups is 1. The van der Waals surface area contributed by atoms with E-state index < -0.39 is 6.10 Å². The summed E-state index contributed by atoms with van der Waals surface area (Å²) in [5.74, 6) is 2.14. The molecule has 0 unspecified atom stereocenters. The standard InChI is InChI=1S/C18H24N4O3/c1-12(2)17-19-16(20-25-17)9-10-21(3)18(23)15-11-22(4)13-7-5-6-8-14(13)24-15/h5-8,12,15H,9-11H2,1-4H3/t15-/m0/s1. The molecule has 1 aromatic heterocycles. The molecule has 1 atom stereocenters. The zero-order chi connectivity index (χ0) is 18.0. The summed E-state index contributed by atoms with van der Waals surface area (Å²) in [5.41, 5.74) is 1.00. The molecule has 1 aliphatic heterocycles. The number of hydrogen-bond acceptors (Lipinski definition) is 6. The highest BCUT2D eigenvalue weighted by Crippen LogP contribution is 2.32. The Morgan fingerprint density at radius 2 is 2.16 bits per heavy atom. The maximum atomic E-state index is 12.7. The van der Waals surface area contributed by atoms with Gasteiger partial charge >= 0.3 is 0 Å². The van der Waals surface area contributed by atoms with Crippen LogP contribution in [0, 0.1) is 0 Å². The molecular weight excluding hydrogens is 320 g/mol. The number of benzene rings is 1. The Balaban J connectivity index is 1.59. The Labute approximate surface area is 147 Å². The first-order valence-electron chi connectivity index (χ1n) is 8.50. The molecule has 0 radical (unpaired) electrons. The van der Waals surface area contributed by atoms with Gasteiger partial charge < -0.3 is 19.1 Å². The van der Waals surface area contributed by atoms with Gasteiger partial charge in [0.1, 0.15) is 5.75 Å². The maximum Gasteiger partial charge on any atom is 0.265 e. The van der Waals surface area contributed by atoms with E-state index in [1.807, 2.05) is 50.1 Å². The van der Waals surface area contributed by atoms with E-state index in [2.05, 4.69) is 10.1 Å². The van der Waals surface area contributed by atoms with Crippen LogP contribution in [0.25, 0.3) is 0 Å². The summed E-state index contributed by atoms with van der Waals surface area (Å²) in [6, 6.07) is 7.75. The maximum absolute atomic E-state index is 12.7. The van der Waals surface area contributed by atoms with Crippen molar-refractivity contribution in [3.05, 3.63) is 36.0 Å². The van der Waals surface area contributed by atoms with Gasteiger partial charge in [0, 0.05) is 33.0 Å². The van der Waals surface area contributed by atoms with Gasteiger partial charge in [-0.25, -0.2) is 0 Å². The molecule has 0 spiro atoms. The summed E-state index contributed by atoms with van der Waals surface area (Å²) in [6.07, 6.45) is 0.0406. The topological polar surface area (TPSA) is 71.7 Å². The molecule has 7 heteroatoms. The first-order valence-corrected chi connectivity index (χ1v) is 8.50. The summed E-state index contributed by atoms with van der Waals surface area (Å²) >= 11 is 0. The van der Waals surface area contributed by atoms with Gasteiger partial charge in [-0.2, -0.15) is 4.98 Å². The van der Waals surface area contributed by atoms with Crippen LogP contribution in [-0.4, -0.2) is 54.2 Å². The van der Waals surface area contributed by atoms with Crippen LogP contribution in [-0.2, 0) is 11.2 Å². The van der Waals surface area contributed by atoms with Gasteiger partial charge in [0.05, 0.1) is 12.2 Å². The number of anilines is 1. The molecule has 0 fully saturated rings. The number of aromatic nitrogens is 2. The number of amides is 1. The molecule has 2 aromatic rings. The molecule has 0 saturated carbocycles. The molecule has 2 heterocycles. The molecule has 134 valence electrons. The van der Waals surface area contributed by atoms with Crippen LogP contribution in [0.4, 0.5) is 5.69 Å². The van der Waals surface area contributed by atoms with Crippen molar-refractivity contribution in [1.29, 1.82) is 0 Å². The number of ether oxygens (including phenoxy) is 1. The number of nitrogens with zero attached hydrogens (tertiary/aromatic N) is 4. The zero-order valence-electron chi connectivity index (χ0n) is 15.1. The Bertz CT molecular complexity index is 743.